The number of benzene rings is 1. The van der Waals surface area contributed by atoms with E-state index in [-0.39, 0.29) is 0 Å². The molecule has 0 spiro atoms. The molecular weight excluding hydrogens is 304 g/mol. The summed E-state index contributed by atoms with van der Waals surface area (Å²) in [5, 5.41) is 12.4. The van der Waals surface area contributed by atoms with Gasteiger partial charge in [-0.15, -0.1) is 10.2 Å². The second-order valence-electron chi connectivity index (χ2n) is 3.90. The Morgan fingerprint density at radius 1 is 1.35 bits per heavy atom. The molecule has 0 atom stereocenters. The van der Waals surface area contributed by atoms with Crippen molar-refractivity contribution < 1.29 is 0 Å². The van der Waals surface area contributed by atoms with Gasteiger partial charge >= 0.3 is 0 Å². The molecule has 0 radical (unpaired) electrons. The zero-order valence-corrected chi connectivity index (χ0v) is 11.3. The zero-order valence-electron chi connectivity index (χ0n) is 8.95. The number of aromatic nitrogens is 3. The van der Waals surface area contributed by atoms with Gasteiger partial charge in [0.1, 0.15) is 5.82 Å². The lowest BCUT2D eigenvalue weighted by atomic mass is 10.2. The van der Waals surface area contributed by atoms with E-state index >= 15 is 0 Å². The Bertz CT molecular complexity index is 567. The Balaban J connectivity index is 2.09. The average molecular weight is 314 g/mol. The van der Waals surface area contributed by atoms with Gasteiger partial charge in [0, 0.05) is 23.1 Å². The van der Waals surface area contributed by atoms with E-state index in [1.54, 1.807) is 0 Å². The summed E-state index contributed by atoms with van der Waals surface area (Å²) in [4.78, 5) is 0. The fourth-order valence-corrected chi connectivity index (χ4v) is 2.44. The van der Waals surface area contributed by atoms with Crippen molar-refractivity contribution in [2.24, 2.45) is 0 Å². The first-order valence-electron chi connectivity index (χ1n) is 5.34. The highest BCUT2D eigenvalue weighted by Crippen LogP contribution is 2.28. The third kappa shape index (κ3) is 1.99. The molecule has 0 fully saturated rings. The van der Waals surface area contributed by atoms with Crippen LogP contribution in [-0.4, -0.2) is 21.3 Å². The molecule has 3 rings (SSSR count). The molecule has 1 aliphatic heterocycles. The van der Waals surface area contributed by atoms with Crippen LogP contribution < -0.4 is 5.32 Å². The second kappa shape index (κ2) is 4.40. The molecule has 88 valence electrons. The number of fused-ring (bicyclic) bond motifs is 1. The highest BCUT2D eigenvalue weighted by molar-refractivity contribution is 9.10. The van der Waals surface area contributed by atoms with Crippen molar-refractivity contribution >= 4 is 27.5 Å². The molecule has 0 aliphatic carbocycles. The number of hydrogen-bond acceptors (Lipinski definition) is 3. The molecule has 2 aromatic rings. The van der Waals surface area contributed by atoms with Gasteiger partial charge in [0.25, 0.3) is 0 Å². The molecule has 0 amide bonds. The topological polar surface area (TPSA) is 42.7 Å². The van der Waals surface area contributed by atoms with Gasteiger partial charge in [0.2, 0.25) is 0 Å². The van der Waals surface area contributed by atoms with Gasteiger partial charge < -0.3 is 9.88 Å². The first kappa shape index (κ1) is 11.2. The summed E-state index contributed by atoms with van der Waals surface area (Å²) in [7, 11) is 0. The van der Waals surface area contributed by atoms with Crippen LogP contribution >= 0.6 is 27.5 Å². The van der Waals surface area contributed by atoms with Crippen molar-refractivity contribution in [3.8, 4) is 11.4 Å². The first-order valence-corrected chi connectivity index (χ1v) is 6.51. The van der Waals surface area contributed by atoms with Crippen LogP contribution in [0.2, 0.25) is 5.02 Å². The number of nitrogens with one attached hydrogen (secondary N) is 1. The summed E-state index contributed by atoms with van der Waals surface area (Å²) < 4.78 is 3.02. The molecule has 0 unspecified atom stereocenters. The van der Waals surface area contributed by atoms with Gasteiger partial charge in [-0.3, -0.25) is 0 Å². The van der Waals surface area contributed by atoms with Crippen molar-refractivity contribution in [2.45, 2.75) is 13.1 Å². The van der Waals surface area contributed by atoms with Gasteiger partial charge in [0.05, 0.1) is 11.6 Å². The highest BCUT2D eigenvalue weighted by Gasteiger charge is 2.16. The number of nitrogens with zero attached hydrogens (tertiary/aromatic N) is 3. The Hall–Kier alpha value is -0.910. The van der Waals surface area contributed by atoms with Crippen LogP contribution in [0.5, 0.6) is 0 Å². The molecule has 1 aromatic carbocycles. The maximum atomic E-state index is 5.99. The minimum Gasteiger partial charge on any atom is -0.309 e. The SMILES string of the molecule is Clc1ccc(-c2nnc3n2CCNC3)cc1Br. The summed E-state index contributed by atoms with van der Waals surface area (Å²) in [5.41, 5.74) is 1.03. The molecule has 17 heavy (non-hydrogen) atoms. The fraction of sp³-hybridized carbons (Fsp3) is 0.273. The van der Waals surface area contributed by atoms with E-state index in [0.29, 0.717) is 5.02 Å². The van der Waals surface area contributed by atoms with Gasteiger partial charge in [0.15, 0.2) is 5.82 Å². The van der Waals surface area contributed by atoms with Crippen LogP contribution in [0.25, 0.3) is 11.4 Å². The van der Waals surface area contributed by atoms with Crippen LogP contribution in [0.3, 0.4) is 0 Å². The normalized spacial score (nSPS) is 14.7. The smallest absolute Gasteiger partial charge is 0.164 e. The van der Waals surface area contributed by atoms with Crippen LogP contribution in [0.15, 0.2) is 22.7 Å². The molecule has 6 heteroatoms. The van der Waals surface area contributed by atoms with Gasteiger partial charge in [-0.1, -0.05) is 11.6 Å². The van der Waals surface area contributed by atoms with Gasteiger partial charge in [-0.2, -0.15) is 0 Å². The summed E-state index contributed by atoms with van der Waals surface area (Å²) in [6, 6.07) is 5.80. The van der Waals surface area contributed by atoms with Crippen molar-refractivity contribution in [3.05, 3.63) is 33.5 Å². The highest BCUT2D eigenvalue weighted by atomic mass is 79.9. The maximum absolute atomic E-state index is 5.99. The minimum absolute atomic E-state index is 0.703. The third-order valence-corrected chi connectivity index (χ3v) is 4.01. The molecule has 0 bridgehead atoms. The van der Waals surface area contributed by atoms with E-state index in [4.69, 9.17) is 11.6 Å². The maximum Gasteiger partial charge on any atom is 0.164 e. The van der Waals surface area contributed by atoms with Crippen molar-refractivity contribution in [1.29, 1.82) is 0 Å². The number of hydrogen-bond donors (Lipinski definition) is 1. The van der Waals surface area contributed by atoms with Crippen molar-refractivity contribution in [2.75, 3.05) is 6.54 Å². The molecule has 1 aliphatic rings. The van der Waals surface area contributed by atoms with E-state index in [2.05, 4.69) is 36.0 Å². The Kier molecular flexibility index (Phi) is 2.90. The van der Waals surface area contributed by atoms with Gasteiger partial charge in [-0.05, 0) is 34.1 Å². The zero-order chi connectivity index (χ0) is 11.8. The molecule has 1 N–H and O–H groups in total. The van der Waals surface area contributed by atoms with Gasteiger partial charge in [-0.25, -0.2) is 0 Å². The predicted octanol–water partition coefficient (Wildman–Crippen LogP) is 2.46. The molecular formula is C11H10BrClN4. The number of halogens is 2. The predicted molar refractivity (Wildman–Crippen MR) is 69.9 cm³/mol. The fourth-order valence-electron chi connectivity index (χ4n) is 1.94. The minimum atomic E-state index is 0.703. The summed E-state index contributed by atoms with van der Waals surface area (Å²) in [6.07, 6.45) is 0. The first-order chi connectivity index (χ1) is 8.25. The van der Waals surface area contributed by atoms with E-state index < -0.39 is 0 Å². The van der Waals surface area contributed by atoms with Crippen molar-refractivity contribution in [3.63, 3.8) is 0 Å². The third-order valence-electron chi connectivity index (χ3n) is 2.80. The number of rotatable bonds is 1. The van der Waals surface area contributed by atoms with Crippen LogP contribution in [-0.2, 0) is 13.1 Å². The molecule has 4 nitrogen and oxygen atoms in total. The van der Waals surface area contributed by atoms with Crippen LogP contribution in [0.1, 0.15) is 5.82 Å². The lowest BCUT2D eigenvalue weighted by molar-refractivity contribution is 0.508. The molecule has 2 heterocycles. The summed E-state index contributed by atoms with van der Waals surface area (Å²) >= 11 is 9.41. The Labute approximate surface area is 112 Å². The molecule has 0 saturated heterocycles. The Morgan fingerprint density at radius 2 is 2.24 bits per heavy atom. The molecule has 0 saturated carbocycles. The van der Waals surface area contributed by atoms with E-state index in [9.17, 15) is 0 Å². The summed E-state index contributed by atoms with van der Waals surface area (Å²) in [6.45, 7) is 2.63. The summed E-state index contributed by atoms with van der Waals surface area (Å²) in [5.74, 6) is 1.89. The average Bonchev–Trinajstić information content (AvgIpc) is 2.76. The van der Waals surface area contributed by atoms with E-state index in [1.807, 2.05) is 18.2 Å². The van der Waals surface area contributed by atoms with Crippen LogP contribution in [0, 0.1) is 0 Å². The van der Waals surface area contributed by atoms with E-state index in [0.717, 1.165) is 41.3 Å². The monoisotopic (exact) mass is 312 g/mol. The quantitative estimate of drug-likeness (QED) is 0.879. The largest absolute Gasteiger partial charge is 0.309 e. The molecule has 1 aromatic heterocycles. The van der Waals surface area contributed by atoms with Crippen molar-refractivity contribution in [1.82, 2.24) is 20.1 Å². The standard InChI is InChI=1S/C11H10BrClN4/c12-8-5-7(1-2-9(8)13)11-16-15-10-6-14-3-4-17(10)11/h1-2,5,14H,3-4,6H2. The van der Waals surface area contributed by atoms with E-state index in [1.165, 1.54) is 0 Å². The lowest BCUT2D eigenvalue weighted by Gasteiger charge is -2.16. The van der Waals surface area contributed by atoms with Crippen LogP contribution in [0.4, 0.5) is 0 Å². The Morgan fingerprint density at radius 3 is 3.06 bits per heavy atom. The lowest BCUT2D eigenvalue weighted by Crippen LogP contribution is -2.28. The second-order valence-corrected chi connectivity index (χ2v) is 5.16.